The number of alkyl halides is 1. The van der Waals surface area contributed by atoms with Crippen LogP contribution in [0, 0.1) is 5.92 Å². The second-order valence-electron chi connectivity index (χ2n) is 5.50. The Kier molecular flexibility index (Phi) is 2.91. The lowest BCUT2D eigenvalue weighted by molar-refractivity contribution is 0.112. The van der Waals surface area contributed by atoms with Crippen molar-refractivity contribution in [3.63, 3.8) is 0 Å². The summed E-state index contributed by atoms with van der Waals surface area (Å²) in [6.45, 7) is 1.82. The Bertz CT molecular complexity index is 368. The molecular formula is C15H20FN. The molecule has 1 heterocycles. The van der Waals surface area contributed by atoms with E-state index in [1.165, 1.54) is 5.56 Å². The molecule has 92 valence electrons. The predicted molar refractivity (Wildman–Crippen MR) is 67.8 cm³/mol. The molecule has 1 aromatic rings. The van der Waals surface area contributed by atoms with Gasteiger partial charge in [-0.3, -0.25) is 0 Å². The lowest BCUT2D eigenvalue weighted by Gasteiger charge is -2.23. The Morgan fingerprint density at radius 2 is 1.94 bits per heavy atom. The van der Waals surface area contributed by atoms with Crippen molar-refractivity contribution in [2.24, 2.45) is 5.92 Å². The second-order valence-corrected chi connectivity index (χ2v) is 5.50. The zero-order chi connectivity index (χ0) is 11.7. The van der Waals surface area contributed by atoms with Gasteiger partial charge in [-0.25, -0.2) is 4.39 Å². The number of halogens is 1. The fraction of sp³-hybridized carbons (Fsp3) is 0.600. The van der Waals surface area contributed by atoms with Crippen molar-refractivity contribution in [3.05, 3.63) is 35.9 Å². The molecule has 0 amide bonds. The van der Waals surface area contributed by atoms with Crippen LogP contribution in [0.3, 0.4) is 0 Å². The molecule has 0 radical (unpaired) electrons. The van der Waals surface area contributed by atoms with E-state index in [9.17, 15) is 4.39 Å². The first-order chi connectivity index (χ1) is 8.30. The Balaban J connectivity index is 1.71. The molecule has 17 heavy (non-hydrogen) atoms. The highest BCUT2D eigenvalue weighted by Gasteiger charge is 2.53. The molecule has 0 aromatic heterocycles. The van der Waals surface area contributed by atoms with Crippen LogP contribution in [0.2, 0.25) is 0 Å². The summed E-state index contributed by atoms with van der Waals surface area (Å²) < 4.78 is 14.9. The summed E-state index contributed by atoms with van der Waals surface area (Å²) in [4.78, 5) is 0. The number of hydrogen-bond acceptors (Lipinski definition) is 1. The molecule has 1 aromatic carbocycles. The zero-order valence-electron chi connectivity index (χ0n) is 10.2. The first-order valence-corrected chi connectivity index (χ1v) is 6.74. The van der Waals surface area contributed by atoms with Crippen LogP contribution in [-0.2, 0) is 0 Å². The van der Waals surface area contributed by atoms with Crippen LogP contribution in [0.15, 0.2) is 30.3 Å². The van der Waals surface area contributed by atoms with Gasteiger partial charge in [0.2, 0.25) is 0 Å². The van der Waals surface area contributed by atoms with Crippen LogP contribution >= 0.6 is 0 Å². The minimum absolute atomic E-state index is 0.268. The van der Waals surface area contributed by atoms with E-state index in [4.69, 9.17) is 0 Å². The Morgan fingerprint density at radius 1 is 1.12 bits per heavy atom. The van der Waals surface area contributed by atoms with E-state index in [0.717, 1.165) is 32.4 Å². The van der Waals surface area contributed by atoms with Crippen LogP contribution in [0.4, 0.5) is 4.39 Å². The highest BCUT2D eigenvalue weighted by molar-refractivity contribution is 5.27. The maximum Gasteiger partial charge on any atom is 0.115 e. The third kappa shape index (κ3) is 2.23. The summed E-state index contributed by atoms with van der Waals surface area (Å²) in [6, 6.07) is 10.4. The van der Waals surface area contributed by atoms with Crippen molar-refractivity contribution < 1.29 is 4.39 Å². The van der Waals surface area contributed by atoms with Gasteiger partial charge in [0.05, 0.1) is 0 Å². The van der Waals surface area contributed by atoms with Crippen LogP contribution in [0.1, 0.15) is 37.2 Å². The van der Waals surface area contributed by atoms with Crippen molar-refractivity contribution >= 4 is 0 Å². The highest BCUT2D eigenvalue weighted by atomic mass is 19.1. The average Bonchev–Trinajstić information content (AvgIpc) is 3.15. The van der Waals surface area contributed by atoms with Gasteiger partial charge in [-0.2, -0.15) is 0 Å². The molecular weight excluding hydrogens is 213 g/mol. The number of nitrogens with one attached hydrogen (secondary N) is 1. The van der Waals surface area contributed by atoms with E-state index >= 15 is 0 Å². The van der Waals surface area contributed by atoms with E-state index in [2.05, 4.69) is 29.6 Å². The van der Waals surface area contributed by atoms with E-state index in [-0.39, 0.29) is 5.92 Å². The molecule has 1 saturated carbocycles. The number of rotatable bonds is 2. The van der Waals surface area contributed by atoms with Crippen molar-refractivity contribution in [2.75, 3.05) is 13.1 Å². The summed E-state index contributed by atoms with van der Waals surface area (Å²) in [5, 5.41) is 3.30. The van der Waals surface area contributed by atoms with Crippen LogP contribution in [-0.4, -0.2) is 18.8 Å². The molecule has 2 heteroatoms. The maximum absolute atomic E-state index is 14.9. The zero-order valence-corrected chi connectivity index (χ0v) is 10.2. The minimum Gasteiger partial charge on any atom is -0.317 e. The van der Waals surface area contributed by atoms with Gasteiger partial charge >= 0.3 is 0 Å². The molecule has 0 bridgehead atoms. The van der Waals surface area contributed by atoms with Gasteiger partial charge in [0, 0.05) is 5.92 Å². The molecule has 3 atom stereocenters. The lowest BCUT2D eigenvalue weighted by Crippen LogP contribution is -2.28. The first kappa shape index (κ1) is 11.2. The van der Waals surface area contributed by atoms with E-state index in [1.54, 1.807) is 0 Å². The van der Waals surface area contributed by atoms with Gasteiger partial charge in [-0.05, 0) is 50.3 Å². The molecule has 3 unspecified atom stereocenters. The molecule has 1 saturated heterocycles. The van der Waals surface area contributed by atoms with Gasteiger partial charge in [-0.15, -0.1) is 0 Å². The number of hydrogen-bond donors (Lipinski definition) is 1. The first-order valence-electron chi connectivity index (χ1n) is 6.74. The topological polar surface area (TPSA) is 12.0 Å². The van der Waals surface area contributed by atoms with Crippen LogP contribution < -0.4 is 5.32 Å². The Labute approximate surface area is 102 Å². The summed E-state index contributed by atoms with van der Waals surface area (Å²) >= 11 is 0. The average molecular weight is 233 g/mol. The molecule has 0 spiro atoms. The summed E-state index contributed by atoms with van der Waals surface area (Å²) in [5.41, 5.74) is 0.413. The molecule has 2 fully saturated rings. The fourth-order valence-corrected chi connectivity index (χ4v) is 3.26. The molecule has 1 aliphatic heterocycles. The van der Waals surface area contributed by atoms with E-state index in [0.29, 0.717) is 12.3 Å². The van der Waals surface area contributed by atoms with Crippen LogP contribution in [0.5, 0.6) is 0 Å². The molecule has 1 N–H and O–H groups in total. The summed E-state index contributed by atoms with van der Waals surface area (Å²) in [7, 11) is 0. The highest BCUT2D eigenvalue weighted by Crippen LogP contribution is 2.57. The van der Waals surface area contributed by atoms with E-state index in [1.807, 2.05) is 6.07 Å². The smallest absolute Gasteiger partial charge is 0.115 e. The van der Waals surface area contributed by atoms with E-state index < -0.39 is 5.67 Å². The van der Waals surface area contributed by atoms with Crippen molar-refractivity contribution in [3.8, 4) is 0 Å². The third-order valence-electron chi connectivity index (χ3n) is 4.35. The van der Waals surface area contributed by atoms with Crippen molar-refractivity contribution in [2.45, 2.75) is 37.3 Å². The van der Waals surface area contributed by atoms with Crippen molar-refractivity contribution in [1.29, 1.82) is 0 Å². The van der Waals surface area contributed by atoms with Crippen LogP contribution in [0.25, 0.3) is 0 Å². The summed E-state index contributed by atoms with van der Waals surface area (Å²) in [6.07, 6.45) is 3.46. The van der Waals surface area contributed by atoms with Gasteiger partial charge in [0.15, 0.2) is 0 Å². The minimum atomic E-state index is -0.913. The Morgan fingerprint density at radius 3 is 2.76 bits per heavy atom. The largest absolute Gasteiger partial charge is 0.317 e. The molecule has 3 rings (SSSR count). The predicted octanol–water partition coefficient (Wildman–Crippen LogP) is 3.27. The molecule has 1 aliphatic carbocycles. The lowest BCUT2D eigenvalue weighted by atomic mass is 9.89. The van der Waals surface area contributed by atoms with Gasteiger partial charge in [0.1, 0.15) is 5.67 Å². The molecule has 1 nitrogen and oxygen atoms in total. The van der Waals surface area contributed by atoms with Gasteiger partial charge in [-0.1, -0.05) is 30.3 Å². The SMILES string of the molecule is FC1(C2CC2c2ccccc2)CCCNCC1. The fourth-order valence-electron chi connectivity index (χ4n) is 3.26. The van der Waals surface area contributed by atoms with Gasteiger partial charge < -0.3 is 5.32 Å². The summed E-state index contributed by atoms with van der Waals surface area (Å²) in [5.74, 6) is 0.740. The monoisotopic (exact) mass is 233 g/mol. The van der Waals surface area contributed by atoms with Crippen molar-refractivity contribution in [1.82, 2.24) is 5.32 Å². The standard InChI is InChI=1S/C15H20FN/c16-15(7-4-9-17-10-8-15)14-11-13(14)12-5-2-1-3-6-12/h1-3,5-6,13-14,17H,4,7-11H2. The molecule has 2 aliphatic rings. The normalized spacial score (nSPS) is 37.5. The second kappa shape index (κ2) is 4.41. The third-order valence-corrected chi connectivity index (χ3v) is 4.35. The maximum atomic E-state index is 14.9. The quantitative estimate of drug-likeness (QED) is 0.826. The number of benzene rings is 1. The van der Waals surface area contributed by atoms with Gasteiger partial charge in [0.25, 0.3) is 0 Å². The Hall–Kier alpha value is -0.890.